The molecular weight excluding hydrogens is 322 g/mol. The number of primary amides is 1. The highest BCUT2D eigenvalue weighted by Crippen LogP contribution is 2.21. The van der Waals surface area contributed by atoms with Crippen LogP contribution in [-0.4, -0.2) is 29.9 Å². The summed E-state index contributed by atoms with van der Waals surface area (Å²) in [5.74, 6) is -1.78. The first-order valence-corrected chi connectivity index (χ1v) is 6.90. The first-order valence-electron chi connectivity index (χ1n) is 6.52. The van der Waals surface area contributed by atoms with Gasteiger partial charge in [0.15, 0.2) is 0 Å². The van der Waals surface area contributed by atoms with Crippen molar-refractivity contribution in [1.82, 2.24) is 4.98 Å². The molecule has 0 radical (unpaired) electrons. The third-order valence-electron chi connectivity index (χ3n) is 3.09. The van der Waals surface area contributed by atoms with Gasteiger partial charge in [0.25, 0.3) is 5.91 Å². The van der Waals surface area contributed by atoms with Gasteiger partial charge in [0.1, 0.15) is 5.69 Å². The third kappa shape index (κ3) is 3.51. The number of amides is 2. The molecule has 8 heteroatoms. The second kappa shape index (κ2) is 6.53. The van der Waals surface area contributed by atoms with Crippen LogP contribution >= 0.6 is 11.6 Å². The Morgan fingerprint density at radius 3 is 2.52 bits per heavy atom. The Morgan fingerprint density at radius 2 is 1.96 bits per heavy atom. The molecule has 1 aromatic carbocycles. The molecule has 0 bridgehead atoms. The van der Waals surface area contributed by atoms with Crippen molar-refractivity contribution in [2.45, 2.75) is 6.92 Å². The molecule has 2 aromatic rings. The average Bonchev–Trinajstić information content (AvgIpc) is 2.86. The van der Waals surface area contributed by atoms with Crippen LogP contribution < -0.4 is 11.1 Å². The van der Waals surface area contributed by atoms with E-state index in [1.807, 2.05) is 0 Å². The fraction of sp³-hybridized carbons (Fsp3) is 0.133. The average molecular weight is 336 g/mol. The van der Waals surface area contributed by atoms with Crippen molar-refractivity contribution in [2.75, 3.05) is 12.4 Å². The second-order valence-corrected chi connectivity index (χ2v) is 5.15. The minimum Gasteiger partial charge on any atom is -0.464 e. The van der Waals surface area contributed by atoms with Crippen LogP contribution in [0.3, 0.4) is 0 Å². The molecule has 1 aromatic heterocycles. The summed E-state index contributed by atoms with van der Waals surface area (Å²) in [4.78, 5) is 37.9. The summed E-state index contributed by atoms with van der Waals surface area (Å²) in [6, 6.07) is 5.71. The summed E-state index contributed by atoms with van der Waals surface area (Å²) in [5, 5.41) is 2.67. The van der Waals surface area contributed by atoms with E-state index in [4.69, 9.17) is 17.3 Å². The Balaban J connectivity index is 2.28. The topological polar surface area (TPSA) is 114 Å². The van der Waals surface area contributed by atoms with Gasteiger partial charge in [-0.2, -0.15) is 0 Å². The van der Waals surface area contributed by atoms with E-state index in [0.29, 0.717) is 5.69 Å². The van der Waals surface area contributed by atoms with Crippen LogP contribution in [-0.2, 0) is 4.74 Å². The lowest BCUT2D eigenvalue weighted by molar-refractivity contribution is 0.0595. The van der Waals surface area contributed by atoms with E-state index in [1.165, 1.54) is 25.3 Å². The zero-order valence-electron chi connectivity index (χ0n) is 12.4. The van der Waals surface area contributed by atoms with Crippen LogP contribution in [0.4, 0.5) is 5.69 Å². The number of ether oxygens (including phenoxy) is 1. The Labute approximate surface area is 136 Å². The molecule has 0 atom stereocenters. The molecule has 23 heavy (non-hydrogen) atoms. The van der Waals surface area contributed by atoms with Crippen molar-refractivity contribution < 1.29 is 19.1 Å². The van der Waals surface area contributed by atoms with Gasteiger partial charge in [-0.15, -0.1) is 0 Å². The lowest BCUT2D eigenvalue weighted by Gasteiger charge is -2.07. The van der Waals surface area contributed by atoms with Crippen LogP contribution in [0.5, 0.6) is 0 Å². The molecule has 1 heterocycles. The highest BCUT2D eigenvalue weighted by atomic mass is 35.5. The Bertz CT molecular complexity index is 798. The largest absolute Gasteiger partial charge is 0.464 e. The monoisotopic (exact) mass is 335 g/mol. The summed E-state index contributed by atoms with van der Waals surface area (Å²) in [7, 11) is 1.24. The maximum Gasteiger partial charge on any atom is 0.356 e. The van der Waals surface area contributed by atoms with Crippen molar-refractivity contribution in [2.24, 2.45) is 5.73 Å². The molecule has 0 unspecified atom stereocenters. The predicted octanol–water partition coefficient (Wildman–Crippen LogP) is 2.11. The van der Waals surface area contributed by atoms with Gasteiger partial charge >= 0.3 is 5.97 Å². The quantitative estimate of drug-likeness (QED) is 0.742. The molecular formula is C15H14ClN3O4. The zero-order valence-corrected chi connectivity index (χ0v) is 13.2. The number of H-pyrrole nitrogens is 1. The number of anilines is 1. The van der Waals surface area contributed by atoms with E-state index >= 15 is 0 Å². The number of nitrogens with two attached hydrogens (primary N) is 1. The number of halogens is 1. The Kier molecular flexibility index (Phi) is 4.71. The Hall–Kier alpha value is -2.80. The summed E-state index contributed by atoms with van der Waals surface area (Å²) >= 11 is 5.92. The maximum absolute atomic E-state index is 12.3. The molecule has 4 N–H and O–H groups in total. The normalized spacial score (nSPS) is 10.2. The molecule has 0 spiro atoms. The summed E-state index contributed by atoms with van der Waals surface area (Å²) in [6.07, 6.45) is 0. The molecule has 0 saturated heterocycles. The smallest absolute Gasteiger partial charge is 0.356 e. The number of aromatic amines is 1. The maximum atomic E-state index is 12.3. The van der Waals surface area contributed by atoms with Crippen LogP contribution in [0.1, 0.15) is 36.9 Å². The van der Waals surface area contributed by atoms with Crippen molar-refractivity contribution in [3.8, 4) is 0 Å². The lowest BCUT2D eigenvalue weighted by atomic mass is 10.1. The number of hydrogen-bond donors (Lipinski definition) is 3. The van der Waals surface area contributed by atoms with Gasteiger partial charge in [0.2, 0.25) is 5.91 Å². The first kappa shape index (κ1) is 16.6. The molecule has 0 saturated carbocycles. The van der Waals surface area contributed by atoms with Crippen LogP contribution in [0.2, 0.25) is 5.02 Å². The third-order valence-corrected chi connectivity index (χ3v) is 3.40. The summed E-state index contributed by atoms with van der Waals surface area (Å²) in [5.41, 5.74) is 6.60. The van der Waals surface area contributed by atoms with Gasteiger partial charge in [-0.05, 0) is 31.2 Å². The van der Waals surface area contributed by atoms with Gasteiger partial charge in [-0.25, -0.2) is 4.79 Å². The molecule has 7 nitrogen and oxygen atoms in total. The number of nitrogens with one attached hydrogen (secondary N) is 2. The number of carbonyl (C=O) groups excluding carboxylic acids is 3. The van der Waals surface area contributed by atoms with E-state index in [2.05, 4.69) is 15.0 Å². The number of aromatic nitrogens is 1. The zero-order chi connectivity index (χ0) is 17.1. The number of esters is 1. The molecule has 0 aliphatic rings. The van der Waals surface area contributed by atoms with E-state index < -0.39 is 17.8 Å². The Morgan fingerprint density at radius 1 is 1.26 bits per heavy atom. The number of methoxy groups -OCH3 is 1. The molecule has 0 aliphatic carbocycles. The fourth-order valence-corrected chi connectivity index (χ4v) is 2.28. The van der Waals surface area contributed by atoms with Crippen molar-refractivity contribution in [3.05, 3.63) is 51.8 Å². The first-order chi connectivity index (χ1) is 10.8. The van der Waals surface area contributed by atoms with Crippen molar-refractivity contribution in [3.63, 3.8) is 0 Å². The standard InChI is InChI=1S/C15H14ClN3O4/c1-7-5-11(12(18-7)15(22)23-2)19-14(21)8-3-4-9(13(17)20)10(16)6-8/h3-6,18H,1-2H3,(H2,17,20)(H,19,21). The minimum atomic E-state index is -0.684. The van der Waals surface area contributed by atoms with Gasteiger partial charge in [0.05, 0.1) is 23.4 Å². The number of carbonyl (C=O) groups is 3. The summed E-state index contributed by atoms with van der Waals surface area (Å²) in [6.45, 7) is 1.74. The van der Waals surface area contributed by atoms with E-state index in [9.17, 15) is 14.4 Å². The molecule has 0 fully saturated rings. The summed E-state index contributed by atoms with van der Waals surface area (Å²) < 4.78 is 4.64. The van der Waals surface area contributed by atoms with Gasteiger partial charge in [-0.3, -0.25) is 9.59 Å². The number of benzene rings is 1. The molecule has 120 valence electrons. The minimum absolute atomic E-state index is 0.0728. The molecule has 0 aliphatic heterocycles. The van der Waals surface area contributed by atoms with Crippen molar-refractivity contribution in [1.29, 1.82) is 0 Å². The van der Waals surface area contributed by atoms with Crippen LogP contribution in [0.25, 0.3) is 0 Å². The number of rotatable bonds is 4. The van der Waals surface area contributed by atoms with Gasteiger partial charge in [-0.1, -0.05) is 11.6 Å². The predicted molar refractivity (Wildman–Crippen MR) is 84.8 cm³/mol. The molecule has 2 amide bonds. The van der Waals surface area contributed by atoms with E-state index in [0.717, 1.165) is 0 Å². The van der Waals surface area contributed by atoms with Crippen molar-refractivity contribution >= 4 is 35.1 Å². The number of aryl methyl sites for hydroxylation is 1. The lowest BCUT2D eigenvalue weighted by Crippen LogP contribution is -2.16. The highest BCUT2D eigenvalue weighted by molar-refractivity contribution is 6.34. The SMILES string of the molecule is COC(=O)c1[nH]c(C)cc1NC(=O)c1ccc(C(N)=O)c(Cl)c1. The van der Waals surface area contributed by atoms with Gasteiger partial charge in [0, 0.05) is 11.3 Å². The van der Waals surface area contributed by atoms with E-state index in [1.54, 1.807) is 13.0 Å². The fourth-order valence-electron chi connectivity index (χ4n) is 2.00. The van der Waals surface area contributed by atoms with Crippen LogP contribution in [0, 0.1) is 6.92 Å². The van der Waals surface area contributed by atoms with E-state index in [-0.39, 0.29) is 27.5 Å². The second-order valence-electron chi connectivity index (χ2n) is 4.75. The highest BCUT2D eigenvalue weighted by Gasteiger charge is 2.18. The number of hydrogen-bond acceptors (Lipinski definition) is 4. The van der Waals surface area contributed by atoms with Crippen LogP contribution in [0.15, 0.2) is 24.3 Å². The molecule has 2 rings (SSSR count). The van der Waals surface area contributed by atoms with Gasteiger partial charge < -0.3 is 20.8 Å².